The van der Waals surface area contributed by atoms with Crippen LogP contribution in [0.2, 0.25) is 0 Å². The zero-order chi connectivity index (χ0) is 14.8. The lowest BCUT2D eigenvalue weighted by atomic mass is 10.4. The van der Waals surface area contributed by atoms with Gasteiger partial charge in [-0.15, -0.1) is 5.10 Å². The number of aromatic amines is 1. The van der Waals surface area contributed by atoms with Crippen LogP contribution in [0.1, 0.15) is 45.7 Å². The van der Waals surface area contributed by atoms with Crippen LogP contribution in [0.25, 0.3) is 0 Å². The highest BCUT2D eigenvalue weighted by atomic mass is 16.4. The van der Waals surface area contributed by atoms with E-state index in [4.69, 9.17) is 5.11 Å². The van der Waals surface area contributed by atoms with Crippen molar-refractivity contribution < 1.29 is 14.7 Å². The van der Waals surface area contributed by atoms with Gasteiger partial charge in [-0.2, -0.15) is 0 Å². The summed E-state index contributed by atoms with van der Waals surface area (Å²) in [5, 5.41) is 18.1. The molecule has 110 valence electrons. The Morgan fingerprint density at radius 1 is 1.48 bits per heavy atom. The van der Waals surface area contributed by atoms with Gasteiger partial charge >= 0.3 is 5.97 Å². The van der Waals surface area contributed by atoms with Crippen LogP contribution >= 0.6 is 0 Å². The number of imidazole rings is 1. The summed E-state index contributed by atoms with van der Waals surface area (Å²) in [7, 11) is 0. The summed E-state index contributed by atoms with van der Waals surface area (Å²) in [5.74, 6) is -0.114. The number of H-pyrrole nitrogens is 1. The van der Waals surface area contributed by atoms with Crippen molar-refractivity contribution in [1.82, 2.24) is 30.0 Å². The number of amides is 1. The fourth-order valence-corrected chi connectivity index (χ4v) is 1.89. The number of aromatic carboxylic acids is 1. The van der Waals surface area contributed by atoms with Crippen molar-refractivity contribution in [1.29, 1.82) is 0 Å². The van der Waals surface area contributed by atoms with Gasteiger partial charge in [0.2, 0.25) is 5.82 Å². The van der Waals surface area contributed by atoms with Gasteiger partial charge in [-0.1, -0.05) is 0 Å². The van der Waals surface area contributed by atoms with E-state index in [1.165, 1.54) is 12.5 Å². The van der Waals surface area contributed by atoms with E-state index in [1.54, 1.807) is 4.57 Å². The summed E-state index contributed by atoms with van der Waals surface area (Å²) in [6.07, 6.45) is 4.99. The molecule has 0 aliphatic heterocycles. The normalized spacial score (nSPS) is 14.1. The minimum atomic E-state index is -1.08. The highest BCUT2D eigenvalue weighted by molar-refractivity contribution is 5.90. The molecule has 1 fully saturated rings. The molecule has 1 aliphatic carbocycles. The SMILES string of the molecule is O=C(O)c1cn(CCNC(=O)c2n[nH]c(C3CC3)n2)cn1. The summed E-state index contributed by atoms with van der Waals surface area (Å²) in [6.45, 7) is 0.757. The first-order valence-corrected chi connectivity index (χ1v) is 6.59. The van der Waals surface area contributed by atoms with Gasteiger partial charge < -0.3 is 15.0 Å². The summed E-state index contributed by atoms with van der Waals surface area (Å²) >= 11 is 0. The number of carbonyl (C=O) groups excluding carboxylic acids is 1. The van der Waals surface area contributed by atoms with E-state index >= 15 is 0 Å². The summed E-state index contributed by atoms with van der Waals surface area (Å²) < 4.78 is 1.59. The second-order valence-corrected chi connectivity index (χ2v) is 4.88. The van der Waals surface area contributed by atoms with Crippen molar-refractivity contribution >= 4 is 11.9 Å². The molecule has 0 spiro atoms. The zero-order valence-corrected chi connectivity index (χ0v) is 11.1. The van der Waals surface area contributed by atoms with Crippen molar-refractivity contribution in [2.45, 2.75) is 25.3 Å². The molecule has 9 nitrogen and oxygen atoms in total. The van der Waals surface area contributed by atoms with Crippen molar-refractivity contribution in [2.24, 2.45) is 0 Å². The summed E-state index contributed by atoms with van der Waals surface area (Å²) in [6, 6.07) is 0. The number of nitrogens with zero attached hydrogens (tertiary/aromatic N) is 4. The molecule has 0 radical (unpaired) electrons. The third-order valence-electron chi connectivity index (χ3n) is 3.18. The van der Waals surface area contributed by atoms with Crippen LogP contribution in [-0.2, 0) is 6.54 Å². The Morgan fingerprint density at radius 3 is 2.95 bits per heavy atom. The number of nitrogens with one attached hydrogen (secondary N) is 2. The van der Waals surface area contributed by atoms with Crippen LogP contribution in [0.3, 0.4) is 0 Å². The molecule has 3 rings (SSSR count). The number of hydrogen-bond donors (Lipinski definition) is 3. The Bertz CT molecular complexity index is 672. The Morgan fingerprint density at radius 2 is 2.29 bits per heavy atom. The van der Waals surface area contributed by atoms with Gasteiger partial charge in [0.05, 0.1) is 6.33 Å². The molecule has 0 unspecified atom stereocenters. The Kier molecular flexibility index (Phi) is 3.38. The molecule has 3 N–H and O–H groups in total. The average Bonchev–Trinajstić information content (AvgIpc) is 3.01. The van der Waals surface area contributed by atoms with Crippen molar-refractivity contribution in [3.8, 4) is 0 Å². The molecule has 1 aliphatic rings. The summed E-state index contributed by atoms with van der Waals surface area (Å²) in [4.78, 5) is 30.4. The van der Waals surface area contributed by atoms with E-state index in [0.29, 0.717) is 19.0 Å². The maximum atomic E-state index is 11.8. The molecule has 0 aromatic carbocycles. The molecule has 0 bridgehead atoms. The minimum absolute atomic E-state index is 0.0237. The minimum Gasteiger partial charge on any atom is -0.476 e. The fourth-order valence-electron chi connectivity index (χ4n) is 1.89. The van der Waals surface area contributed by atoms with E-state index in [2.05, 4.69) is 25.5 Å². The van der Waals surface area contributed by atoms with Gasteiger partial charge in [-0.25, -0.2) is 14.8 Å². The first-order valence-electron chi connectivity index (χ1n) is 6.59. The number of hydrogen-bond acceptors (Lipinski definition) is 5. The number of carboxylic acid groups (broad SMARTS) is 1. The fraction of sp³-hybridized carbons (Fsp3) is 0.417. The van der Waals surface area contributed by atoms with Crippen LogP contribution in [0.15, 0.2) is 12.5 Å². The molecule has 0 atom stereocenters. The van der Waals surface area contributed by atoms with Crippen LogP contribution < -0.4 is 5.32 Å². The van der Waals surface area contributed by atoms with Gasteiger partial charge in [0, 0.05) is 25.2 Å². The van der Waals surface area contributed by atoms with E-state index < -0.39 is 5.97 Å². The molecule has 2 aromatic heterocycles. The second kappa shape index (κ2) is 5.35. The first kappa shape index (κ1) is 13.3. The van der Waals surface area contributed by atoms with Crippen LogP contribution in [0.4, 0.5) is 0 Å². The standard InChI is InChI=1S/C12H14N6O3/c19-11(10-15-9(16-17-10)7-1-2-7)13-3-4-18-5-8(12(20)21)14-6-18/h5-7H,1-4H2,(H,13,19)(H,20,21)(H,15,16,17). The quantitative estimate of drug-likeness (QED) is 0.688. The van der Waals surface area contributed by atoms with Gasteiger partial charge in [0.15, 0.2) is 5.69 Å². The Balaban J connectivity index is 1.49. The predicted molar refractivity (Wildman–Crippen MR) is 69.9 cm³/mol. The molecule has 2 aromatic rings. The molecule has 2 heterocycles. The molecular formula is C12H14N6O3. The van der Waals surface area contributed by atoms with Crippen molar-refractivity contribution in [2.75, 3.05) is 6.54 Å². The molecule has 21 heavy (non-hydrogen) atoms. The second-order valence-electron chi connectivity index (χ2n) is 4.88. The first-order chi connectivity index (χ1) is 10.1. The monoisotopic (exact) mass is 290 g/mol. The zero-order valence-electron chi connectivity index (χ0n) is 11.1. The third kappa shape index (κ3) is 3.07. The summed E-state index contributed by atoms with van der Waals surface area (Å²) in [5.41, 5.74) is -0.0237. The predicted octanol–water partition coefficient (Wildman–Crippen LogP) is 0.00680. The smallest absolute Gasteiger partial charge is 0.356 e. The van der Waals surface area contributed by atoms with E-state index in [-0.39, 0.29) is 17.4 Å². The van der Waals surface area contributed by atoms with Crippen molar-refractivity contribution in [3.05, 3.63) is 29.9 Å². The van der Waals surface area contributed by atoms with Gasteiger partial charge in [-0.3, -0.25) is 9.89 Å². The lowest BCUT2D eigenvalue weighted by molar-refractivity contribution is 0.0690. The van der Waals surface area contributed by atoms with Crippen LogP contribution in [0, 0.1) is 0 Å². The molecule has 0 saturated heterocycles. The van der Waals surface area contributed by atoms with E-state index in [0.717, 1.165) is 18.7 Å². The number of carbonyl (C=O) groups is 2. The molecule has 1 saturated carbocycles. The van der Waals surface area contributed by atoms with Crippen LogP contribution in [0.5, 0.6) is 0 Å². The van der Waals surface area contributed by atoms with Crippen molar-refractivity contribution in [3.63, 3.8) is 0 Å². The Labute approximate surface area is 119 Å². The highest BCUT2D eigenvalue weighted by Gasteiger charge is 2.28. The van der Waals surface area contributed by atoms with Gasteiger partial charge in [-0.05, 0) is 12.8 Å². The highest BCUT2D eigenvalue weighted by Crippen LogP contribution is 2.37. The number of rotatable bonds is 6. The van der Waals surface area contributed by atoms with Gasteiger partial charge in [0.25, 0.3) is 5.91 Å². The van der Waals surface area contributed by atoms with Gasteiger partial charge in [0.1, 0.15) is 5.82 Å². The maximum absolute atomic E-state index is 11.8. The van der Waals surface area contributed by atoms with Crippen LogP contribution in [-0.4, -0.2) is 48.3 Å². The third-order valence-corrected chi connectivity index (χ3v) is 3.18. The lowest BCUT2D eigenvalue weighted by Gasteiger charge is -2.03. The number of carboxylic acids is 1. The lowest BCUT2D eigenvalue weighted by Crippen LogP contribution is -2.28. The maximum Gasteiger partial charge on any atom is 0.356 e. The largest absolute Gasteiger partial charge is 0.476 e. The van der Waals surface area contributed by atoms with E-state index in [9.17, 15) is 9.59 Å². The topological polar surface area (TPSA) is 126 Å². The Hall–Kier alpha value is -2.71. The molecule has 9 heteroatoms. The molecular weight excluding hydrogens is 276 g/mol. The molecule has 1 amide bonds. The average molecular weight is 290 g/mol. The number of aromatic nitrogens is 5. The van der Waals surface area contributed by atoms with E-state index in [1.807, 2.05) is 0 Å².